The van der Waals surface area contributed by atoms with Crippen LogP contribution in [-0.2, 0) is 11.2 Å². The highest BCUT2D eigenvalue weighted by molar-refractivity contribution is 6.30. The lowest BCUT2D eigenvalue weighted by molar-refractivity contribution is -0.121. The number of fused-ring (bicyclic) bond motifs is 2. The normalized spacial score (nSPS) is 20.7. The van der Waals surface area contributed by atoms with Gasteiger partial charge in [-0.1, -0.05) is 50.4 Å². The zero-order valence-electron chi connectivity index (χ0n) is 22.9. The molecule has 5 rings (SSSR count). The number of anilines is 1. The van der Waals surface area contributed by atoms with Crippen LogP contribution in [0.2, 0.25) is 5.02 Å². The van der Waals surface area contributed by atoms with Gasteiger partial charge in [0.25, 0.3) is 0 Å². The van der Waals surface area contributed by atoms with Gasteiger partial charge in [0.1, 0.15) is 24.0 Å². The number of benzene rings is 2. The van der Waals surface area contributed by atoms with Crippen molar-refractivity contribution in [2.45, 2.75) is 52.4 Å². The Morgan fingerprint density at radius 1 is 1.08 bits per heavy atom. The first-order valence-electron chi connectivity index (χ1n) is 13.9. The number of ketones is 1. The molecule has 0 spiro atoms. The third kappa shape index (κ3) is 5.73. The van der Waals surface area contributed by atoms with Gasteiger partial charge in [0, 0.05) is 48.0 Å². The van der Waals surface area contributed by atoms with Crippen molar-refractivity contribution in [2.75, 3.05) is 25.6 Å². The fourth-order valence-electron chi connectivity index (χ4n) is 6.13. The van der Waals surface area contributed by atoms with E-state index in [1.54, 1.807) is 0 Å². The Hall–Kier alpha value is -2.92. The van der Waals surface area contributed by atoms with Gasteiger partial charge in [-0.15, -0.1) is 0 Å². The second kappa shape index (κ2) is 11.4. The fraction of sp³-hybridized carbons (Fsp3) is 0.469. The number of rotatable bonds is 8. The topological polar surface area (TPSA) is 55.3 Å². The van der Waals surface area contributed by atoms with E-state index in [1.807, 2.05) is 50.5 Å². The van der Waals surface area contributed by atoms with Crippen molar-refractivity contribution >= 4 is 40.2 Å². The molecule has 3 aromatic rings. The molecule has 0 saturated heterocycles. The molecule has 6 heteroatoms. The van der Waals surface area contributed by atoms with Gasteiger partial charge in [0.15, 0.2) is 5.78 Å². The van der Waals surface area contributed by atoms with E-state index in [2.05, 4.69) is 30.9 Å². The van der Waals surface area contributed by atoms with E-state index < -0.39 is 0 Å². The average molecular weight is 532 g/mol. The van der Waals surface area contributed by atoms with Crippen molar-refractivity contribution in [3.05, 3.63) is 64.4 Å². The summed E-state index contributed by atoms with van der Waals surface area (Å²) in [5.41, 5.74) is 2.66. The Morgan fingerprint density at radius 2 is 1.84 bits per heavy atom. The summed E-state index contributed by atoms with van der Waals surface area (Å²) in [4.78, 5) is 25.2. The standard InChI is InChI=1S/C32H38ClN3O2/c1-20(21(2)31(37)25-17-24-18-26(33)14-15-29(24)38-19-25)23-12-9-22(10-13-23)11-16-30-34-28-8-6-5-7-27(28)32(35-30)36(3)4/h5-8,14-15,17-18,20-23H,9-13,16,19H2,1-4H3/t20-,21?,22?,23?/m0/s1. The molecule has 5 nitrogen and oxygen atoms in total. The summed E-state index contributed by atoms with van der Waals surface area (Å²) < 4.78 is 5.85. The molecule has 1 aliphatic carbocycles. The highest BCUT2D eigenvalue weighted by Gasteiger charge is 2.33. The van der Waals surface area contributed by atoms with Gasteiger partial charge in [-0.05, 0) is 73.4 Å². The number of aromatic nitrogens is 2. The van der Waals surface area contributed by atoms with Gasteiger partial charge in [0.05, 0.1) is 5.52 Å². The minimum Gasteiger partial charge on any atom is -0.488 e. The first-order chi connectivity index (χ1) is 18.3. The summed E-state index contributed by atoms with van der Waals surface area (Å²) >= 11 is 6.15. The Morgan fingerprint density at radius 3 is 2.61 bits per heavy atom. The Kier molecular flexibility index (Phi) is 8.04. The highest BCUT2D eigenvalue weighted by atomic mass is 35.5. The lowest BCUT2D eigenvalue weighted by Crippen LogP contribution is -2.31. The quantitative estimate of drug-likeness (QED) is 0.303. The number of hydrogen-bond acceptors (Lipinski definition) is 5. The molecule has 2 atom stereocenters. The molecule has 200 valence electrons. The molecule has 0 amide bonds. The van der Waals surface area contributed by atoms with Crippen LogP contribution in [0.1, 0.15) is 57.3 Å². The molecule has 1 aromatic heterocycles. The molecule has 1 unspecified atom stereocenters. The smallest absolute Gasteiger partial charge is 0.165 e. The first-order valence-corrected chi connectivity index (χ1v) is 14.3. The van der Waals surface area contributed by atoms with Crippen LogP contribution in [0, 0.1) is 23.7 Å². The summed E-state index contributed by atoms with van der Waals surface area (Å²) in [5.74, 6) is 4.51. The molecule has 0 N–H and O–H groups in total. The van der Waals surface area contributed by atoms with Crippen LogP contribution >= 0.6 is 11.6 Å². The molecule has 2 heterocycles. The second-order valence-corrected chi connectivity index (χ2v) is 11.8. The molecule has 0 bridgehead atoms. The van der Waals surface area contributed by atoms with Crippen molar-refractivity contribution in [1.29, 1.82) is 0 Å². The molecule has 38 heavy (non-hydrogen) atoms. The number of Topliss-reactive ketones (excluding diaryl/α,β-unsaturated/α-hetero) is 1. The number of hydrogen-bond donors (Lipinski definition) is 0. The van der Waals surface area contributed by atoms with E-state index in [4.69, 9.17) is 26.3 Å². The average Bonchev–Trinajstić information content (AvgIpc) is 2.94. The molecule has 0 radical (unpaired) electrons. The third-order valence-corrected chi connectivity index (χ3v) is 8.90. The summed E-state index contributed by atoms with van der Waals surface area (Å²) in [6, 6.07) is 13.8. The summed E-state index contributed by atoms with van der Waals surface area (Å²) in [6.45, 7) is 4.69. The zero-order valence-corrected chi connectivity index (χ0v) is 23.7. The maximum Gasteiger partial charge on any atom is 0.165 e. The van der Waals surface area contributed by atoms with Gasteiger partial charge in [-0.3, -0.25) is 4.79 Å². The fourth-order valence-corrected chi connectivity index (χ4v) is 6.31. The van der Waals surface area contributed by atoms with Crippen LogP contribution in [0.4, 0.5) is 5.82 Å². The first kappa shape index (κ1) is 26.7. The predicted octanol–water partition coefficient (Wildman–Crippen LogP) is 7.41. The maximum atomic E-state index is 13.4. The lowest BCUT2D eigenvalue weighted by Gasteiger charge is -2.35. The van der Waals surface area contributed by atoms with E-state index >= 15 is 0 Å². The highest BCUT2D eigenvalue weighted by Crippen LogP contribution is 2.39. The van der Waals surface area contributed by atoms with Crippen LogP contribution in [-0.4, -0.2) is 36.5 Å². The second-order valence-electron chi connectivity index (χ2n) is 11.3. The Labute approximate surface area is 231 Å². The number of carbonyl (C=O) groups is 1. The lowest BCUT2D eigenvalue weighted by atomic mass is 9.70. The van der Waals surface area contributed by atoms with Crippen molar-refractivity contribution in [3.8, 4) is 5.75 Å². The van der Waals surface area contributed by atoms with Gasteiger partial charge < -0.3 is 9.64 Å². The SMILES string of the molecule is CC(C(=O)C1=Cc2cc(Cl)ccc2OC1)[C@H](C)C1CCC(CCc2nc(N(C)C)c3ccccc3n2)CC1. The molecular weight excluding hydrogens is 494 g/mol. The minimum absolute atomic E-state index is 0.0254. The monoisotopic (exact) mass is 531 g/mol. The van der Waals surface area contributed by atoms with E-state index in [-0.39, 0.29) is 11.7 Å². The Bertz CT molecular complexity index is 1340. The van der Waals surface area contributed by atoms with Crippen LogP contribution < -0.4 is 9.64 Å². The summed E-state index contributed by atoms with van der Waals surface area (Å²) in [7, 11) is 4.08. The largest absolute Gasteiger partial charge is 0.488 e. The molecule has 1 saturated carbocycles. The molecule has 1 fully saturated rings. The van der Waals surface area contributed by atoms with Gasteiger partial charge in [-0.2, -0.15) is 0 Å². The van der Waals surface area contributed by atoms with Crippen molar-refractivity contribution in [3.63, 3.8) is 0 Å². The van der Waals surface area contributed by atoms with Crippen molar-refractivity contribution in [2.24, 2.45) is 23.7 Å². The zero-order chi connectivity index (χ0) is 26.8. The Balaban J connectivity index is 1.16. The number of nitrogens with zero attached hydrogens (tertiary/aromatic N) is 3. The number of halogens is 1. The summed E-state index contributed by atoms with van der Waals surface area (Å²) in [5, 5.41) is 1.75. The molecule has 2 aliphatic rings. The number of para-hydroxylation sites is 1. The summed E-state index contributed by atoms with van der Waals surface area (Å²) in [6.07, 6.45) is 8.77. The van der Waals surface area contributed by atoms with E-state index in [9.17, 15) is 4.79 Å². The van der Waals surface area contributed by atoms with Crippen molar-refractivity contribution in [1.82, 2.24) is 9.97 Å². The van der Waals surface area contributed by atoms with E-state index in [0.717, 1.165) is 52.3 Å². The van der Waals surface area contributed by atoms with Gasteiger partial charge in [0.2, 0.25) is 0 Å². The third-order valence-electron chi connectivity index (χ3n) is 8.67. The van der Waals surface area contributed by atoms with Crippen LogP contribution in [0.5, 0.6) is 5.75 Å². The molecule has 2 aromatic carbocycles. The van der Waals surface area contributed by atoms with Crippen LogP contribution in [0.15, 0.2) is 48.0 Å². The molecular formula is C32H38ClN3O2. The van der Waals surface area contributed by atoms with Gasteiger partial charge in [-0.25, -0.2) is 9.97 Å². The van der Waals surface area contributed by atoms with Crippen molar-refractivity contribution < 1.29 is 9.53 Å². The van der Waals surface area contributed by atoms with Crippen LogP contribution in [0.3, 0.4) is 0 Å². The van der Waals surface area contributed by atoms with E-state index in [1.165, 1.54) is 25.7 Å². The number of aryl methyl sites for hydroxylation is 1. The maximum absolute atomic E-state index is 13.4. The number of ether oxygens (including phenoxy) is 1. The minimum atomic E-state index is -0.0254. The number of carbonyl (C=O) groups excluding carboxylic acids is 1. The van der Waals surface area contributed by atoms with E-state index in [0.29, 0.717) is 29.4 Å². The molecule has 1 aliphatic heterocycles. The predicted molar refractivity (Wildman–Crippen MR) is 156 cm³/mol. The van der Waals surface area contributed by atoms with Crippen LogP contribution in [0.25, 0.3) is 17.0 Å². The van der Waals surface area contributed by atoms with Gasteiger partial charge >= 0.3 is 0 Å².